The molecule has 108 valence electrons. The lowest BCUT2D eigenvalue weighted by Crippen LogP contribution is -2.35. The average molecular weight is 318 g/mol. The van der Waals surface area contributed by atoms with Crippen LogP contribution in [0.1, 0.15) is 33.3 Å². The molecule has 2 nitrogen and oxygen atoms in total. The summed E-state index contributed by atoms with van der Waals surface area (Å²) in [5.74, 6) is 0. The summed E-state index contributed by atoms with van der Waals surface area (Å²) in [6, 6.07) is 7.62. The highest BCUT2D eigenvalue weighted by Gasteiger charge is 2.37. The first kappa shape index (κ1) is 16.7. The van der Waals surface area contributed by atoms with Gasteiger partial charge in [-0.3, -0.25) is 4.03 Å². The van der Waals surface area contributed by atoms with E-state index in [4.69, 9.17) is 10.7 Å². The summed E-state index contributed by atoms with van der Waals surface area (Å²) < 4.78 is 17.3. The molecule has 1 atom stereocenters. The second kappa shape index (κ2) is 5.58. The van der Waals surface area contributed by atoms with E-state index in [9.17, 15) is 4.21 Å². The first-order valence-corrected chi connectivity index (χ1v) is 11.9. The van der Waals surface area contributed by atoms with Gasteiger partial charge in [0.1, 0.15) is 0 Å². The third-order valence-corrected chi connectivity index (χ3v) is 12.2. The van der Waals surface area contributed by atoms with E-state index in [-0.39, 0.29) is 5.04 Å². The third kappa shape index (κ3) is 4.07. The molecule has 0 heterocycles. The van der Waals surface area contributed by atoms with Gasteiger partial charge in [-0.25, -0.2) is 4.21 Å². The second-order valence-corrected chi connectivity index (χ2v) is 14.3. The molecule has 0 amide bonds. The number of aryl methyl sites for hydroxylation is 1. The summed E-state index contributed by atoms with van der Waals surface area (Å²) in [6.07, 6.45) is 0.961. The molecule has 1 aromatic rings. The minimum absolute atomic E-state index is 0.0356. The highest BCUT2D eigenvalue weighted by Crippen LogP contribution is 2.38. The maximum atomic E-state index is 12.7. The Morgan fingerprint density at radius 1 is 1.21 bits per heavy atom. The summed E-state index contributed by atoms with van der Waals surface area (Å²) in [4.78, 5) is 0.621. The molecule has 0 spiro atoms. The molecule has 0 radical (unpaired) electrons. The predicted molar refractivity (Wildman–Crippen MR) is 87.7 cm³/mol. The Kier molecular flexibility index (Phi) is 4.92. The largest absolute Gasteiger partial charge is 0.261 e. The normalized spacial score (nSPS) is 15.9. The van der Waals surface area contributed by atoms with Crippen LogP contribution in [0.15, 0.2) is 33.2 Å². The Bertz CT molecular complexity index is 552. The Hall–Kier alpha value is -0.323. The molecule has 0 fully saturated rings. The van der Waals surface area contributed by atoms with E-state index in [1.807, 2.05) is 24.3 Å². The molecule has 0 saturated heterocycles. The molecular formula is C14H24ClNOSSi. The number of rotatable bonds is 3. The van der Waals surface area contributed by atoms with Crippen LogP contribution in [0.2, 0.25) is 18.1 Å². The molecule has 0 bridgehead atoms. The number of hydrogen-bond donors (Lipinski definition) is 0. The average Bonchev–Trinajstić information content (AvgIpc) is 2.26. The molecule has 1 unspecified atom stereocenters. The van der Waals surface area contributed by atoms with Crippen molar-refractivity contribution in [1.29, 1.82) is 0 Å². The highest BCUT2D eigenvalue weighted by atomic mass is 35.7. The van der Waals surface area contributed by atoms with E-state index in [0.717, 1.165) is 6.42 Å². The lowest BCUT2D eigenvalue weighted by atomic mass is 10.2. The standard InChI is InChI=1S/C14H24ClNOSSi/c1-7-12-8-10-13(11-9-12)18(15,17)16-19(5,6)14(2,3)4/h8-11H,7H2,1-6H3. The maximum Gasteiger partial charge on any atom is 0.194 e. The van der Waals surface area contributed by atoms with Gasteiger partial charge in [-0.15, -0.1) is 0 Å². The van der Waals surface area contributed by atoms with Gasteiger partial charge in [-0.2, -0.15) is 0 Å². The van der Waals surface area contributed by atoms with Gasteiger partial charge in [0.2, 0.25) is 0 Å². The van der Waals surface area contributed by atoms with Crippen molar-refractivity contribution in [1.82, 2.24) is 0 Å². The summed E-state index contributed by atoms with van der Waals surface area (Å²) >= 11 is 0. The number of halogens is 1. The summed E-state index contributed by atoms with van der Waals surface area (Å²) in [5, 5.41) is 0.0356. The van der Waals surface area contributed by atoms with Crippen molar-refractivity contribution in [2.75, 3.05) is 0 Å². The van der Waals surface area contributed by atoms with Crippen LogP contribution in [0.4, 0.5) is 0 Å². The number of benzene rings is 1. The van der Waals surface area contributed by atoms with Crippen molar-refractivity contribution in [3.63, 3.8) is 0 Å². The van der Waals surface area contributed by atoms with Gasteiger partial charge in [0.15, 0.2) is 17.2 Å². The zero-order valence-corrected chi connectivity index (χ0v) is 15.2. The van der Waals surface area contributed by atoms with E-state index in [2.05, 4.69) is 44.8 Å². The van der Waals surface area contributed by atoms with Crippen LogP contribution >= 0.6 is 10.7 Å². The summed E-state index contributed by atoms with van der Waals surface area (Å²) in [6.45, 7) is 12.7. The van der Waals surface area contributed by atoms with Gasteiger partial charge in [0.05, 0.1) is 4.90 Å². The van der Waals surface area contributed by atoms with E-state index < -0.39 is 17.2 Å². The van der Waals surface area contributed by atoms with Gasteiger partial charge in [-0.05, 0) is 42.2 Å². The van der Waals surface area contributed by atoms with Crippen LogP contribution < -0.4 is 0 Å². The minimum Gasteiger partial charge on any atom is -0.261 e. The Labute approximate surface area is 123 Å². The highest BCUT2D eigenvalue weighted by molar-refractivity contribution is 8.16. The van der Waals surface area contributed by atoms with E-state index in [1.54, 1.807) is 0 Å². The first-order chi connectivity index (χ1) is 8.49. The van der Waals surface area contributed by atoms with Crippen LogP contribution in [0, 0.1) is 0 Å². The fourth-order valence-electron chi connectivity index (χ4n) is 1.38. The van der Waals surface area contributed by atoms with E-state index in [1.165, 1.54) is 5.56 Å². The van der Waals surface area contributed by atoms with Gasteiger partial charge in [0, 0.05) is 10.7 Å². The van der Waals surface area contributed by atoms with Gasteiger partial charge < -0.3 is 0 Å². The minimum atomic E-state index is -2.82. The molecule has 1 aromatic carbocycles. The van der Waals surface area contributed by atoms with Crippen molar-refractivity contribution in [2.24, 2.45) is 4.03 Å². The van der Waals surface area contributed by atoms with E-state index >= 15 is 0 Å². The summed E-state index contributed by atoms with van der Waals surface area (Å²) in [5.41, 5.74) is 1.21. The van der Waals surface area contributed by atoms with Gasteiger partial charge >= 0.3 is 0 Å². The van der Waals surface area contributed by atoms with E-state index in [0.29, 0.717) is 4.90 Å². The fraction of sp³-hybridized carbons (Fsp3) is 0.571. The van der Waals surface area contributed by atoms with Gasteiger partial charge in [-0.1, -0.05) is 39.8 Å². The Morgan fingerprint density at radius 3 is 2.05 bits per heavy atom. The van der Waals surface area contributed by atoms with Crippen molar-refractivity contribution in [3.05, 3.63) is 29.8 Å². The summed E-state index contributed by atoms with van der Waals surface area (Å²) in [7, 11) is 1.40. The monoisotopic (exact) mass is 317 g/mol. The fourth-order valence-corrected chi connectivity index (χ4v) is 7.57. The SMILES string of the molecule is CCc1ccc(S(=O)(Cl)=N[Si](C)(C)C(C)(C)C)cc1. The Morgan fingerprint density at radius 2 is 1.68 bits per heavy atom. The molecule has 0 aliphatic heterocycles. The molecule has 5 heteroatoms. The second-order valence-electron chi connectivity index (χ2n) is 6.36. The Balaban J connectivity index is 3.26. The third-order valence-electron chi connectivity index (χ3n) is 3.80. The molecule has 1 rings (SSSR count). The van der Waals surface area contributed by atoms with Crippen molar-refractivity contribution >= 4 is 27.9 Å². The number of hydrogen-bond acceptors (Lipinski definition) is 2. The van der Waals surface area contributed by atoms with Crippen LogP contribution in [-0.4, -0.2) is 12.4 Å². The quantitative estimate of drug-likeness (QED) is 0.554. The topological polar surface area (TPSA) is 29.4 Å². The van der Waals surface area contributed by atoms with Crippen LogP contribution in [-0.2, 0) is 15.4 Å². The van der Waals surface area contributed by atoms with Crippen LogP contribution in [0.25, 0.3) is 0 Å². The van der Waals surface area contributed by atoms with Crippen LogP contribution in [0.3, 0.4) is 0 Å². The smallest absolute Gasteiger partial charge is 0.194 e. The molecule has 0 aliphatic carbocycles. The molecule has 0 N–H and O–H groups in total. The number of nitrogens with zero attached hydrogens (tertiary/aromatic N) is 1. The zero-order valence-electron chi connectivity index (χ0n) is 12.7. The molecule has 19 heavy (non-hydrogen) atoms. The molecule has 0 saturated carbocycles. The van der Waals surface area contributed by atoms with Crippen molar-refractivity contribution in [3.8, 4) is 0 Å². The molecule has 0 aromatic heterocycles. The predicted octanol–water partition coefficient (Wildman–Crippen LogP) is 5.23. The van der Waals surface area contributed by atoms with Crippen molar-refractivity contribution in [2.45, 2.75) is 57.1 Å². The lowest BCUT2D eigenvalue weighted by molar-refractivity contribution is 0.683. The first-order valence-electron chi connectivity index (χ1n) is 6.56. The lowest BCUT2D eigenvalue weighted by Gasteiger charge is -2.32. The van der Waals surface area contributed by atoms with Crippen molar-refractivity contribution < 1.29 is 4.21 Å². The molecule has 0 aliphatic rings. The maximum absolute atomic E-state index is 12.7. The van der Waals surface area contributed by atoms with Crippen LogP contribution in [0.5, 0.6) is 0 Å². The van der Waals surface area contributed by atoms with Gasteiger partial charge in [0.25, 0.3) is 0 Å². The molecular weight excluding hydrogens is 294 g/mol. The zero-order chi connectivity index (χ0) is 14.9.